The topological polar surface area (TPSA) is 59.6 Å². The summed E-state index contributed by atoms with van der Waals surface area (Å²) in [6.07, 6.45) is 0. The first-order valence-corrected chi connectivity index (χ1v) is 7.04. The molecule has 0 aromatic heterocycles. The van der Waals surface area contributed by atoms with E-state index >= 15 is 0 Å². The maximum atomic E-state index is 12.1. The second kappa shape index (κ2) is 7.24. The predicted octanol–water partition coefficient (Wildman–Crippen LogP) is 4.65. The van der Waals surface area contributed by atoms with Crippen LogP contribution in [-0.2, 0) is 0 Å². The van der Waals surface area contributed by atoms with Crippen molar-refractivity contribution in [3.63, 3.8) is 0 Å². The summed E-state index contributed by atoms with van der Waals surface area (Å²) in [4.78, 5) is 12.1. The van der Waals surface area contributed by atoms with Crippen molar-refractivity contribution in [3.8, 4) is 11.5 Å². The molecule has 2 aromatic carbocycles. The fourth-order valence-electron chi connectivity index (χ4n) is 1.78. The van der Waals surface area contributed by atoms with Gasteiger partial charge in [0, 0.05) is 11.1 Å². The average molecular weight is 341 g/mol. The van der Waals surface area contributed by atoms with E-state index in [1.807, 2.05) is 0 Å². The molecular weight excluding hydrogens is 327 g/mol. The van der Waals surface area contributed by atoms with Crippen LogP contribution in [0.1, 0.15) is 0 Å². The van der Waals surface area contributed by atoms with Gasteiger partial charge in [0.25, 0.3) is 0 Å². The van der Waals surface area contributed by atoms with Crippen molar-refractivity contribution in [2.24, 2.45) is 0 Å². The van der Waals surface area contributed by atoms with E-state index in [0.717, 1.165) is 0 Å². The molecule has 0 heterocycles. The van der Waals surface area contributed by atoms with Crippen molar-refractivity contribution in [2.45, 2.75) is 0 Å². The van der Waals surface area contributed by atoms with Gasteiger partial charge in [0.15, 0.2) is 0 Å². The standard InChI is InChI=1S/C15H14Cl2N2O3/c1-21-10-4-5-12(11(17)8-10)18-15(20)19-13-7-9(16)3-6-14(13)22-2/h3-8H,1-2H3,(H2,18,19,20). The molecule has 0 radical (unpaired) electrons. The number of halogens is 2. The van der Waals surface area contributed by atoms with Crippen LogP contribution >= 0.6 is 23.2 Å². The van der Waals surface area contributed by atoms with E-state index in [-0.39, 0.29) is 0 Å². The Morgan fingerprint density at radius 1 is 0.955 bits per heavy atom. The number of carbonyl (C=O) groups is 1. The van der Waals surface area contributed by atoms with Gasteiger partial charge in [-0.1, -0.05) is 23.2 Å². The molecule has 2 aromatic rings. The quantitative estimate of drug-likeness (QED) is 0.851. The lowest BCUT2D eigenvalue weighted by Gasteiger charge is -2.12. The van der Waals surface area contributed by atoms with E-state index in [1.54, 1.807) is 36.4 Å². The fraction of sp³-hybridized carbons (Fsp3) is 0.133. The molecule has 116 valence electrons. The Kier molecular flexibility index (Phi) is 5.35. The normalized spacial score (nSPS) is 10.0. The van der Waals surface area contributed by atoms with Gasteiger partial charge in [-0.3, -0.25) is 0 Å². The molecule has 0 spiro atoms. The van der Waals surface area contributed by atoms with Crippen LogP contribution in [0.25, 0.3) is 0 Å². The molecule has 2 rings (SSSR count). The van der Waals surface area contributed by atoms with Crippen LogP contribution in [0, 0.1) is 0 Å². The van der Waals surface area contributed by atoms with Crippen LogP contribution in [0.2, 0.25) is 10.0 Å². The lowest BCUT2D eigenvalue weighted by molar-refractivity contribution is 0.262. The Hall–Kier alpha value is -2.11. The molecule has 0 aliphatic heterocycles. The first-order valence-electron chi connectivity index (χ1n) is 6.28. The SMILES string of the molecule is COc1ccc(NC(=O)Nc2cc(Cl)ccc2OC)c(Cl)c1. The van der Waals surface area contributed by atoms with Gasteiger partial charge in [-0.25, -0.2) is 4.79 Å². The summed E-state index contributed by atoms with van der Waals surface area (Å²) in [6, 6.07) is 9.42. The van der Waals surface area contributed by atoms with E-state index < -0.39 is 6.03 Å². The zero-order chi connectivity index (χ0) is 16.1. The molecule has 0 saturated heterocycles. The highest BCUT2D eigenvalue weighted by Gasteiger charge is 2.10. The van der Waals surface area contributed by atoms with Crippen LogP contribution in [-0.4, -0.2) is 20.3 Å². The Morgan fingerprint density at radius 2 is 1.68 bits per heavy atom. The number of nitrogens with one attached hydrogen (secondary N) is 2. The Labute approximate surface area is 138 Å². The number of amides is 2. The van der Waals surface area contributed by atoms with Crippen LogP contribution in [0.3, 0.4) is 0 Å². The molecule has 0 saturated carbocycles. The van der Waals surface area contributed by atoms with Crippen LogP contribution in [0.5, 0.6) is 11.5 Å². The van der Waals surface area contributed by atoms with Gasteiger partial charge in [-0.15, -0.1) is 0 Å². The third-order valence-electron chi connectivity index (χ3n) is 2.83. The Balaban J connectivity index is 2.12. The molecule has 0 aliphatic carbocycles. The number of rotatable bonds is 4. The summed E-state index contributed by atoms with van der Waals surface area (Å²) in [5.41, 5.74) is 0.915. The van der Waals surface area contributed by atoms with Gasteiger partial charge in [0.2, 0.25) is 0 Å². The largest absolute Gasteiger partial charge is 0.497 e. The fourth-order valence-corrected chi connectivity index (χ4v) is 2.17. The minimum Gasteiger partial charge on any atom is -0.497 e. The highest BCUT2D eigenvalue weighted by atomic mass is 35.5. The molecule has 5 nitrogen and oxygen atoms in total. The molecule has 0 aliphatic rings. The highest BCUT2D eigenvalue weighted by Crippen LogP contribution is 2.29. The van der Waals surface area contributed by atoms with Crippen LogP contribution in [0.15, 0.2) is 36.4 Å². The van der Waals surface area contributed by atoms with Gasteiger partial charge in [-0.2, -0.15) is 0 Å². The molecule has 0 fully saturated rings. The second-order valence-corrected chi connectivity index (χ2v) is 5.11. The summed E-state index contributed by atoms with van der Waals surface area (Å²) in [5, 5.41) is 6.15. The molecule has 2 amide bonds. The third-order valence-corrected chi connectivity index (χ3v) is 3.38. The van der Waals surface area contributed by atoms with Gasteiger partial charge >= 0.3 is 6.03 Å². The van der Waals surface area contributed by atoms with Crippen molar-refractivity contribution in [1.29, 1.82) is 0 Å². The first kappa shape index (κ1) is 16.3. The summed E-state index contributed by atoms with van der Waals surface area (Å²) in [7, 11) is 3.05. The Morgan fingerprint density at radius 3 is 2.32 bits per heavy atom. The summed E-state index contributed by atoms with van der Waals surface area (Å²) in [5.74, 6) is 1.10. The number of ether oxygens (including phenoxy) is 2. The molecule has 2 N–H and O–H groups in total. The minimum absolute atomic E-state index is 0.368. The zero-order valence-electron chi connectivity index (χ0n) is 11.9. The van der Waals surface area contributed by atoms with Crippen molar-refractivity contribution in [1.82, 2.24) is 0 Å². The van der Waals surface area contributed by atoms with Crippen molar-refractivity contribution in [2.75, 3.05) is 24.9 Å². The van der Waals surface area contributed by atoms with Gasteiger partial charge in [0.05, 0.1) is 30.6 Å². The van der Waals surface area contributed by atoms with Gasteiger partial charge in [-0.05, 0) is 30.3 Å². The molecule has 0 atom stereocenters. The molecule has 7 heteroatoms. The minimum atomic E-state index is -0.465. The summed E-state index contributed by atoms with van der Waals surface area (Å²) < 4.78 is 10.2. The monoisotopic (exact) mass is 340 g/mol. The van der Waals surface area contributed by atoms with Crippen molar-refractivity contribution in [3.05, 3.63) is 46.4 Å². The lowest BCUT2D eigenvalue weighted by atomic mass is 10.3. The van der Waals surface area contributed by atoms with E-state index in [4.69, 9.17) is 32.7 Å². The maximum absolute atomic E-state index is 12.1. The van der Waals surface area contributed by atoms with Crippen LogP contribution in [0.4, 0.5) is 16.2 Å². The number of carbonyl (C=O) groups excluding carboxylic acids is 1. The summed E-state index contributed by atoms with van der Waals surface area (Å²) in [6.45, 7) is 0. The number of benzene rings is 2. The number of anilines is 2. The van der Waals surface area contributed by atoms with Crippen LogP contribution < -0.4 is 20.1 Å². The molecule has 22 heavy (non-hydrogen) atoms. The van der Waals surface area contributed by atoms with E-state index in [1.165, 1.54) is 14.2 Å². The van der Waals surface area contributed by atoms with E-state index in [2.05, 4.69) is 10.6 Å². The molecule has 0 bridgehead atoms. The van der Waals surface area contributed by atoms with Gasteiger partial charge in [0.1, 0.15) is 11.5 Å². The van der Waals surface area contributed by atoms with Crippen molar-refractivity contribution < 1.29 is 14.3 Å². The third kappa shape index (κ3) is 3.96. The first-order chi connectivity index (χ1) is 10.5. The Bertz CT molecular complexity index is 692. The average Bonchev–Trinajstić information content (AvgIpc) is 2.49. The van der Waals surface area contributed by atoms with E-state index in [0.29, 0.717) is 32.9 Å². The molecule has 0 unspecified atom stereocenters. The van der Waals surface area contributed by atoms with Gasteiger partial charge < -0.3 is 20.1 Å². The zero-order valence-corrected chi connectivity index (χ0v) is 13.5. The number of methoxy groups -OCH3 is 2. The number of urea groups is 1. The van der Waals surface area contributed by atoms with Crippen molar-refractivity contribution >= 4 is 40.6 Å². The predicted molar refractivity (Wildman–Crippen MR) is 88.6 cm³/mol. The summed E-state index contributed by atoms with van der Waals surface area (Å²) >= 11 is 12.0. The maximum Gasteiger partial charge on any atom is 0.323 e. The highest BCUT2D eigenvalue weighted by molar-refractivity contribution is 6.34. The molecular formula is C15H14Cl2N2O3. The lowest BCUT2D eigenvalue weighted by Crippen LogP contribution is -2.20. The number of hydrogen-bond donors (Lipinski definition) is 2. The smallest absolute Gasteiger partial charge is 0.323 e. The van der Waals surface area contributed by atoms with E-state index in [9.17, 15) is 4.79 Å². The number of hydrogen-bond acceptors (Lipinski definition) is 3. The second-order valence-electron chi connectivity index (χ2n) is 4.27.